The fraction of sp³-hybridized carbons (Fsp3) is 0.571. The second-order valence-corrected chi connectivity index (χ2v) is 5.63. The summed E-state index contributed by atoms with van der Waals surface area (Å²) in [6.45, 7) is 5.43. The van der Waals surface area contributed by atoms with E-state index in [0.29, 0.717) is 17.5 Å². The number of hydrogen-bond donors (Lipinski definition) is 1. The molecule has 0 bridgehead atoms. The lowest BCUT2D eigenvalue weighted by Gasteiger charge is -2.17. The van der Waals surface area contributed by atoms with Crippen LogP contribution in [-0.4, -0.2) is 41.1 Å². The highest BCUT2D eigenvalue weighted by molar-refractivity contribution is 7.80. The Kier molecular flexibility index (Phi) is 4.37. The molecule has 0 aromatic carbocycles. The maximum atomic E-state index is 5.79. The van der Waals surface area contributed by atoms with Gasteiger partial charge in [0.25, 0.3) is 0 Å². The maximum Gasteiger partial charge on any atom is 0.224 e. The molecule has 1 aliphatic rings. The van der Waals surface area contributed by atoms with Gasteiger partial charge in [-0.1, -0.05) is 12.2 Å². The zero-order chi connectivity index (χ0) is 14.0. The molecule has 0 atom stereocenters. The normalized spacial score (nSPS) is 14.7. The monoisotopic (exact) mass is 279 g/mol. The Morgan fingerprint density at radius 2 is 2.21 bits per heavy atom. The topological polar surface area (TPSA) is 51.4 Å². The molecule has 0 aliphatic heterocycles. The van der Waals surface area contributed by atoms with Gasteiger partial charge in [-0.05, 0) is 45.4 Å². The van der Waals surface area contributed by atoms with Gasteiger partial charge in [0, 0.05) is 18.3 Å². The van der Waals surface area contributed by atoms with E-state index in [2.05, 4.69) is 16.9 Å². The number of rotatable bonds is 6. The van der Waals surface area contributed by atoms with Crippen molar-refractivity contribution in [2.24, 2.45) is 5.73 Å². The average Bonchev–Trinajstić information content (AvgIpc) is 3.10. The predicted molar refractivity (Wildman–Crippen MR) is 80.7 cm³/mol. The molecule has 0 radical (unpaired) electrons. The first-order valence-corrected chi connectivity index (χ1v) is 7.01. The van der Waals surface area contributed by atoms with E-state index in [4.69, 9.17) is 22.7 Å². The van der Waals surface area contributed by atoms with Gasteiger partial charge in [0.1, 0.15) is 11.6 Å². The van der Waals surface area contributed by atoms with Crippen molar-refractivity contribution in [2.45, 2.75) is 32.7 Å². The number of aromatic nitrogens is 1. The largest absolute Gasteiger partial charge is 0.476 e. The van der Waals surface area contributed by atoms with Gasteiger partial charge in [0.2, 0.25) is 5.88 Å². The van der Waals surface area contributed by atoms with E-state index in [9.17, 15) is 0 Å². The molecule has 0 amide bonds. The quantitative estimate of drug-likeness (QED) is 0.805. The Hall–Kier alpha value is -1.20. The van der Waals surface area contributed by atoms with Crippen LogP contribution >= 0.6 is 12.2 Å². The number of pyridine rings is 1. The van der Waals surface area contributed by atoms with E-state index in [-0.39, 0.29) is 0 Å². The number of nitrogens with zero attached hydrogens (tertiary/aromatic N) is 2. The molecule has 0 spiro atoms. The number of ether oxygens (including phenoxy) is 1. The number of nitrogens with two attached hydrogens (primary N) is 1. The number of hydrogen-bond acceptors (Lipinski definition) is 4. The SMILES string of the molecule is Cc1cc(C)c(C(N)=S)c(OCCN(C)C2CC2)n1. The van der Waals surface area contributed by atoms with Crippen molar-refractivity contribution < 1.29 is 4.74 Å². The molecule has 0 unspecified atom stereocenters. The molecule has 1 fully saturated rings. The van der Waals surface area contributed by atoms with Crippen molar-refractivity contribution in [2.75, 3.05) is 20.2 Å². The summed E-state index contributed by atoms with van der Waals surface area (Å²) in [7, 11) is 2.13. The third kappa shape index (κ3) is 3.64. The van der Waals surface area contributed by atoms with Crippen molar-refractivity contribution in [3.8, 4) is 5.88 Å². The van der Waals surface area contributed by atoms with Crippen LogP contribution in [0.25, 0.3) is 0 Å². The van der Waals surface area contributed by atoms with Crippen LogP contribution in [-0.2, 0) is 0 Å². The molecule has 104 valence electrons. The molecule has 1 aromatic heterocycles. The first-order chi connectivity index (χ1) is 8.99. The van der Waals surface area contributed by atoms with Crippen molar-refractivity contribution in [3.05, 3.63) is 22.9 Å². The highest BCUT2D eigenvalue weighted by Gasteiger charge is 2.25. The van der Waals surface area contributed by atoms with Gasteiger partial charge < -0.3 is 15.4 Å². The van der Waals surface area contributed by atoms with Crippen LogP contribution < -0.4 is 10.5 Å². The van der Waals surface area contributed by atoms with Crippen LogP contribution in [0.15, 0.2) is 6.07 Å². The molecule has 1 heterocycles. The molecule has 2 N–H and O–H groups in total. The van der Waals surface area contributed by atoms with Crippen LogP contribution in [0, 0.1) is 13.8 Å². The Morgan fingerprint density at radius 3 is 2.79 bits per heavy atom. The molecule has 1 aromatic rings. The van der Waals surface area contributed by atoms with Gasteiger partial charge in [-0.25, -0.2) is 4.98 Å². The molecule has 2 rings (SSSR count). The fourth-order valence-corrected chi connectivity index (χ4v) is 2.44. The lowest BCUT2D eigenvalue weighted by molar-refractivity contribution is 0.226. The summed E-state index contributed by atoms with van der Waals surface area (Å²) >= 11 is 5.08. The number of likely N-dealkylation sites (N-methyl/N-ethyl adjacent to an activating group) is 1. The van der Waals surface area contributed by atoms with Gasteiger partial charge in [0.15, 0.2) is 0 Å². The van der Waals surface area contributed by atoms with Gasteiger partial charge in [-0.2, -0.15) is 0 Å². The summed E-state index contributed by atoms with van der Waals surface area (Å²) in [6, 6.07) is 2.71. The van der Waals surface area contributed by atoms with Crippen molar-refractivity contribution in [3.63, 3.8) is 0 Å². The minimum Gasteiger partial charge on any atom is -0.476 e. The Morgan fingerprint density at radius 1 is 1.53 bits per heavy atom. The van der Waals surface area contributed by atoms with E-state index in [1.54, 1.807) is 0 Å². The van der Waals surface area contributed by atoms with Crippen LogP contribution in [0.1, 0.15) is 29.7 Å². The Balaban J connectivity index is 2.03. The third-order valence-electron chi connectivity index (χ3n) is 3.41. The molecular weight excluding hydrogens is 258 g/mol. The summed E-state index contributed by atoms with van der Waals surface area (Å²) in [4.78, 5) is 7.07. The van der Waals surface area contributed by atoms with Crippen LogP contribution in [0.3, 0.4) is 0 Å². The second-order valence-electron chi connectivity index (χ2n) is 5.19. The fourth-order valence-electron chi connectivity index (χ4n) is 2.19. The van der Waals surface area contributed by atoms with Gasteiger partial charge in [0.05, 0.1) is 5.56 Å². The molecular formula is C14H21N3OS. The van der Waals surface area contributed by atoms with E-state index in [1.165, 1.54) is 12.8 Å². The maximum absolute atomic E-state index is 5.79. The van der Waals surface area contributed by atoms with Gasteiger partial charge in [-0.3, -0.25) is 0 Å². The van der Waals surface area contributed by atoms with Gasteiger partial charge >= 0.3 is 0 Å². The van der Waals surface area contributed by atoms with Crippen molar-refractivity contribution in [1.82, 2.24) is 9.88 Å². The Bertz CT molecular complexity index is 486. The van der Waals surface area contributed by atoms with Crippen LogP contribution in [0.4, 0.5) is 0 Å². The molecule has 1 saturated carbocycles. The molecule has 1 aliphatic carbocycles. The summed E-state index contributed by atoms with van der Waals surface area (Å²) in [5.74, 6) is 0.564. The Labute approximate surface area is 120 Å². The number of thiocarbonyl (C=S) groups is 1. The van der Waals surface area contributed by atoms with Gasteiger partial charge in [-0.15, -0.1) is 0 Å². The first kappa shape index (κ1) is 14.2. The minimum atomic E-state index is 0.343. The van der Waals surface area contributed by atoms with E-state index in [0.717, 1.165) is 29.4 Å². The standard InChI is InChI=1S/C14H21N3OS/c1-9-8-10(2)16-14(12(9)13(15)19)18-7-6-17(3)11-4-5-11/h8,11H,4-7H2,1-3H3,(H2,15,19). The van der Waals surface area contributed by atoms with Crippen molar-refractivity contribution in [1.29, 1.82) is 0 Å². The summed E-state index contributed by atoms with van der Waals surface area (Å²) in [5.41, 5.74) is 8.45. The molecule has 19 heavy (non-hydrogen) atoms. The minimum absolute atomic E-state index is 0.343. The molecule has 0 saturated heterocycles. The van der Waals surface area contributed by atoms with E-state index >= 15 is 0 Å². The van der Waals surface area contributed by atoms with Crippen LogP contribution in [0.5, 0.6) is 5.88 Å². The second kappa shape index (κ2) is 5.84. The van der Waals surface area contributed by atoms with Crippen LogP contribution in [0.2, 0.25) is 0 Å². The van der Waals surface area contributed by atoms with E-state index < -0.39 is 0 Å². The summed E-state index contributed by atoms with van der Waals surface area (Å²) < 4.78 is 5.79. The third-order valence-corrected chi connectivity index (χ3v) is 3.62. The van der Waals surface area contributed by atoms with E-state index in [1.807, 2.05) is 19.9 Å². The summed E-state index contributed by atoms with van der Waals surface area (Å²) in [6.07, 6.45) is 2.60. The average molecular weight is 279 g/mol. The zero-order valence-electron chi connectivity index (χ0n) is 11.8. The predicted octanol–water partition coefficient (Wildman–Crippen LogP) is 1.81. The molecule has 5 heteroatoms. The summed E-state index contributed by atoms with van der Waals surface area (Å²) in [5, 5.41) is 0. The zero-order valence-corrected chi connectivity index (χ0v) is 12.6. The number of aryl methyl sites for hydroxylation is 2. The smallest absolute Gasteiger partial charge is 0.224 e. The molecule has 4 nitrogen and oxygen atoms in total. The van der Waals surface area contributed by atoms with Crippen molar-refractivity contribution >= 4 is 17.2 Å². The highest BCUT2D eigenvalue weighted by atomic mass is 32.1. The lowest BCUT2D eigenvalue weighted by Crippen LogP contribution is -2.27. The highest BCUT2D eigenvalue weighted by Crippen LogP contribution is 2.25. The first-order valence-electron chi connectivity index (χ1n) is 6.60. The lowest BCUT2D eigenvalue weighted by atomic mass is 10.1.